The van der Waals surface area contributed by atoms with Crippen LogP contribution in [0.4, 0.5) is 5.69 Å². The standard InChI is InChI=1S/C18H19NO3/c1-12-4-6-15(7-5-12)21-11-14-8-9-19(3)16-10-13(2)22-18(20)17(14)16/h4-8,10H,9,11H2,1-3H3. The average Bonchev–Trinajstić information content (AvgIpc) is 2.48. The van der Waals surface area contributed by atoms with Crippen LogP contribution in [0.1, 0.15) is 16.9 Å². The number of rotatable bonds is 3. The highest BCUT2D eigenvalue weighted by Crippen LogP contribution is 2.29. The molecule has 3 rings (SSSR count). The Morgan fingerprint density at radius 3 is 2.68 bits per heavy atom. The van der Waals surface area contributed by atoms with Gasteiger partial charge in [0.05, 0.1) is 11.3 Å². The van der Waals surface area contributed by atoms with Crippen molar-refractivity contribution in [2.24, 2.45) is 0 Å². The smallest absolute Gasteiger partial charge is 0.345 e. The third kappa shape index (κ3) is 2.77. The van der Waals surface area contributed by atoms with Crippen LogP contribution >= 0.6 is 0 Å². The number of nitrogens with zero attached hydrogens (tertiary/aromatic N) is 1. The largest absolute Gasteiger partial charge is 0.489 e. The van der Waals surface area contributed by atoms with E-state index >= 15 is 0 Å². The first kappa shape index (κ1) is 14.4. The van der Waals surface area contributed by atoms with Gasteiger partial charge in [-0.05, 0) is 26.0 Å². The molecule has 0 saturated carbocycles. The fourth-order valence-electron chi connectivity index (χ4n) is 2.57. The Bertz CT molecular complexity index is 772. The lowest BCUT2D eigenvalue weighted by Crippen LogP contribution is -2.27. The average molecular weight is 297 g/mol. The first-order valence-corrected chi connectivity index (χ1v) is 7.29. The van der Waals surface area contributed by atoms with Gasteiger partial charge in [-0.1, -0.05) is 23.8 Å². The molecule has 0 radical (unpaired) electrons. The number of likely N-dealkylation sites (N-methyl/N-ethyl adjacent to an activating group) is 1. The topological polar surface area (TPSA) is 42.7 Å². The van der Waals surface area contributed by atoms with E-state index in [0.29, 0.717) is 17.9 Å². The molecule has 1 aromatic heterocycles. The Labute approximate surface area is 129 Å². The molecule has 1 aromatic carbocycles. The van der Waals surface area contributed by atoms with Gasteiger partial charge in [0, 0.05) is 25.2 Å². The highest BCUT2D eigenvalue weighted by atomic mass is 16.5. The van der Waals surface area contributed by atoms with E-state index in [4.69, 9.17) is 9.15 Å². The zero-order chi connectivity index (χ0) is 15.7. The fraction of sp³-hybridized carbons (Fsp3) is 0.278. The second-order valence-corrected chi connectivity index (χ2v) is 5.62. The summed E-state index contributed by atoms with van der Waals surface area (Å²) in [6.45, 7) is 4.93. The molecule has 0 unspecified atom stereocenters. The maximum absolute atomic E-state index is 12.2. The highest BCUT2D eigenvalue weighted by Gasteiger charge is 2.21. The lowest BCUT2D eigenvalue weighted by atomic mass is 10.0. The van der Waals surface area contributed by atoms with Crippen LogP contribution < -0.4 is 15.3 Å². The van der Waals surface area contributed by atoms with E-state index in [9.17, 15) is 4.79 Å². The molecule has 0 saturated heterocycles. The normalized spacial score (nSPS) is 13.6. The zero-order valence-corrected chi connectivity index (χ0v) is 13.1. The van der Waals surface area contributed by atoms with Crippen LogP contribution in [-0.2, 0) is 0 Å². The van der Waals surface area contributed by atoms with Gasteiger partial charge < -0.3 is 14.1 Å². The highest BCUT2D eigenvalue weighted by molar-refractivity contribution is 5.79. The molecule has 2 aromatic rings. The summed E-state index contributed by atoms with van der Waals surface area (Å²) in [4.78, 5) is 14.2. The van der Waals surface area contributed by atoms with Gasteiger partial charge in [0.2, 0.25) is 0 Å². The van der Waals surface area contributed by atoms with Crippen molar-refractivity contribution in [2.75, 3.05) is 25.1 Å². The second kappa shape index (κ2) is 5.72. The predicted octanol–water partition coefficient (Wildman–Crippen LogP) is 3.17. The van der Waals surface area contributed by atoms with Crippen molar-refractivity contribution < 1.29 is 9.15 Å². The Kier molecular flexibility index (Phi) is 3.75. The number of hydrogen-bond acceptors (Lipinski definition) is 4. The molecular weight excluding hydrogens is 278 g/mol. The van der Waals surface area contributed by atoms with Crippen molar-refractivity contribution >= 4 is 11.3 Å². The molecule has 0 amide bonds. The number of benzene rings is 1. The van der Waals surface area contributed by atoms with Crippen molar-refractivity contribution in [2.45, 2.75) is 13.8 Å². The molecule has 0 fully saturated rings. The summed E-state index contributed by atoms with van der Waals surface area (Å²) in [7, 11) is 1.96. The van der Waals surface area contributed by atoms with Gasteiger partial charge in [0.25, 0.3) is 0 Å². The van der Waals surface area contributed by atoms with Gasteiger partial charge >= 0.3 is 5.63 Å². The Hall–Kier alpha value is -2.49. The molecule has 22 heavy (non-hydrogen) atoms. The quantitative estimate of drug-likeness (QED) is 0.872. The molecule has 0 aliphatic carbocycles. The number of hydrogen-bond donors (Lipinski definition) is 0. The van der Waals surface area contributed by atoms with Crippen LogP contribution in [0.25, 0.3) is 5.57 Å². The number of aryl methyl sites for hydroxylation is 2. The number of fused-ring (bicyclic) bond motifs is 1. The van der Waals surface area contributed by atoms with Crippen LogP contribution in [0.2, 0.25) is 0 Å². The molecular formula is C18H19NO3. The van der Waals surface area contributed by atoms with Gasteiger partial charge in [-0.3, -0.25) is 0 Å². The maximum atomic E-state index is 12.2. The molecule has 1 aliphatic heterocycles. The van der Waals surface area contributed by atoms with Crippen LogP contribution in [0.5, 0.6) is 5.75 Å². The van der Waals surface area contributed by atoms with Crippen LogP contribution in [0.15, 0.2) is 45.6 Å². The first-order valence-electron chi connectivity index (χ1n) is 7.29. The minimum atomic E-state index is -0.305. The molecule has 0 spiro atoms. The van der Waals surface area contributed by atoms with E-state index in [-0.39, 0.29) is 5.63 Å². The molecule has 114 valence electrons. The summed E-state index contributed by atoms with van der Waals surface area (Å²) in [6, 6.07) is 9.77. The van der Waals surface area contributed by atoms with E-state index < -0.39 is 0 Å². The predicted molar refractivity (Wildman–Crippen MR) is 87.6 cm³/mol. The van der Waals surface area contributed by atoms with Crippen molar-refractivity contribution in [3.63, 3.8) is 0 Å². The molecule has 0 atom stereocenters. The Morgan fingerprint density at radius 2 is 1.95 bits per heavy atom. The van der Waals surface area contributed by atoms with E-state index in [1.165, 1.54) is 5.56 Å². The van der Waals surface area contributed by atoms with E-state index in [0.717, 1.165) is 23.6 Å². The van der Waals surface area contributed by atoms with E-state index in [1.807, 2.05) is 55.3 Å². The van der Waals surface area contributed by atoms with Crippen molar-refractivity contribution in [1.29, 1.82) is 0 Å². The van der Waals surface area contributed by atoms with Crippen LogP contribution in [0.3, 0.4) is 0 Å². The van der Waals surface area contributed by atoms with Crippen molar-refractivity contribution in [1.82, 2.24) is 0 Å². The number of ether oxygens (including phenoxy) is 1. The minimum Gasteiger partial charge on any atom is -0.489 e. The van der Waals surface area contributed by atoms with Crippen molar-refractivity contribution in [3.8, 4) is 5.75 Å². The van der Waals surface area contributed by atoms with Gasteiger partial charge in [-0.25, -0.2) is 4.79 Å². The molecule has 0 N–H and O–H groups in total. The van der Waals surface area contributed by atoms with Gasteiger partial charge in [-0.15, -0.1) is 0 Å². The summed E-state index contributed by atoms with van der Waals surface area (Å²) < 4.78 is 11.1. The van der Waals surface area contributed by atoms with Crippen LogP contribution in [0, 0.1) is 13.8 Å². The third-order valence-corrected chi connectivity index (χ3v) is 3.81. The molecule has 4 heteroatoms. The fourth-order valence-corrected chi connectivity index (χ4v) is 2.57. The van der Waals surface area contributed by atoms with Gasteiger partial charge in [0.1, 0.15) is 18.1 Å². The lowest BCUT2D eigenvalue weighted by molar-refractivity contribution is 0.368. The summed E-state index contributed by atoms with van der Waals surface area (Å²) >= 11 is 0. The molecule has 4 nitrogen and oxygen atoms in total. The third-order valence-electron chi connectivity index (χ3n) is 3.81. The Morgan fingerprint density at radius 1 is 1.23 bits per heavy atom. The Balaban J connectivity index is 1.87. The summed E-state index contributed by atoms with van der Waals surface area (Å²) in [5.41, 5.74) is 3.26. The van der Waals surface area contributed by atoms with Crippen LogP contribution in [-0.4, -0.2) is 20.2 Å². The minimum absolute atomic E-state index is 0.305. The maximum Gasteiger partial charge on any atom is 0.345 e. The SMILES string of the molecule is Cc1ccc(OCC2=CCN(C)c3cc(C)oc(=O)c32)cc1. The second-order valence-electron chi connectivity index (χ2n) is 5.62. The zero-order valence-electron chi connectivity index (χ0n) is 13.1. The molecule has 1 aliphatic rings. The van der Waals surface area contributed by atoms with E-state index in [2.05, 4.69) is 0 Å². The van der Waals surface area contributed by atoms with Gasteiger partial charge in [0.15, 0.2) is 0 Å². The lowest BCUT2D eigenvalue weighted by Gasteiger charge is -2.26. The summed E-state index contributed by atoms with van der Waals surface area (Å²) in [5, 5.41) is 0. The molecule has 2 heterocycles. The number of anilines is 1. The van der Waals surface area contributed by atoms with E-state index in [1.54, 1.807) is 6.92 Å². The van der Waals surface area contributed by atoms with Gasteiger partial charge in [-0.2, -0.15) is 0 Å². The summed E-state index contributed by atoms with van der Waals surface area (Å²) in [5.74, 6) is 1.42. The molecule has 0 bridgehead atoms. The summed E-state index contributed by atoms with van der Waals surface area (Å²) in [6.07, 6.45) is 2.02. The monoisotopic (exact) mass is 297 g/mol. The first-order chi connectivity index (χ1) is 10.5. The van der Waals surface area contributed by atoms with Crippen molar-refractivity contribution in [3.05, 3.63) is 63.7 Å².